The summed E-state index contributed by atoms with van der Waals surface area (Å²) in [6.45, 7) is 0.614. The molecule has 0 bridgehead atoms. The Labute approximate surface area is 112 Å². The van der Waals surface area contributed by atoms with Crippen LogP contribution in [0.1, 0.15) is 12.8 Å². The molecule has 0 saturated carbocycles. The van der Waals surface area contributed by atoms with Crippen LogP contribution in [-0.4, -0.2) is 26.5 Å². The maximum atomic E-state index is 11.2. The average molecular weight is 310 g/mol. The molecule has 1 saturated heterocycles. The number of fused-ring (bicyclic) bond motifs is 1. The Morgan fingerprint density at radius 2 is 2.44 bits per heavy atom. The van der Waals surface area contributed by atoms with Crippen LogP contribution in [0.25, 0.3) is 11.2 Å². The second kappa shape index (κ2) is 4.24. The number of nitrogen functional groups attached to an aromatic ring is 1. The fraction of sp³-hybridized carbons (Fsp3) is 0.364. The van der Waals surface area contributed by atoms with Crippen molar-refractivity contribution in [3.8, 4) is 0 Å². The number of aromatic nitrogens is 3. The Morgan fingerprint density at radius 3 is 3.17 bits per heavy atom. The normalized spacial score (nSPS) is 19.4. The van der Waals surface area contributed by atoms with Crippen molar-refractivity contribution < 1.29 is 4.79 Å². The summed E-state index contributed by atoms with van der Waals surface area (Å²) >= 11 is 3.35. The maximum absolute atomic E-state index is 11.2. The number of nitrogens with two attached hydrogens (primary N) is 1. The molecule has 1 aliphatic rings. The van der Waals surface area contributed by atoms with E-state index in [0.717, 1.165) is 22.1 Å². The van der Waals surface area contributed by atoms with Crippen LogP contribution in [0.2, 0.25) is 0 Å². The van der Waals surface area contributed by atoms with Crippen molar-refractivity contribution >= 4 is 38.9 Å². The largest absolute Gasteiger partial charge is 0.369 e. The summed E-state index contributed by atoms with van der Waals surface area (Å²) in [5.41, 5.74) is 7.40. The lowest BCUT2D eigenvalue weighted by molar-refractivity contribution is -0.119. The second-order valence-corrected chi connectivity index (χ2v) is 5.30. The highest BCUT2D eigenvalue weighted by Crippen LogP contribution is 2.21. The minimum atomic E-state index is 0.0960. The first kappa shape index (κ1) is 11.5. The molecule has 0 radical (unpaired) electrons. The third kappa shape index (κ3) is 1.94. The number of carbonyl (C=O) groups excluding carboxylic acids is 1. The van der Waals surface area contributed by atoms with Crippen molar-refractivity contribution in [3.05, 3.63) is 16.7 Å². The van der Waals surface area contributed by atoms with Gasteiger partial charge in [-0.2, -0.15) is 0 Å². The minimum absolute atomic E-state index is 0.0960. The minimum Gasteiger partial charge on any atom is -0.369 e. The summed E-state index contributed by atoms with van der Waals surface area (Å²) in [4.78, 5) is 19.8. The van der Waals surface area contributed by atoms with Gasteiger partial charge in [-0.05, 0) is 28.4 Å². The number of hydrogen-bond donors (Lipinski definition) is 2. The second-order valence-electron chi connectivity index (χ2n) is 4.38. The van der Waals surface area contributed by atoms with Crippen LogP contribution in [0, 0.1) is 0 Å². The van der Waals surface area contributed by atoms with Crippen LogP contribution in [0.3, 0.4) is 0 Å². The summed E-state index contributed by atoms with van der Waals surface area (Å²) in [6.07, 6.45) is 3.12. The SMILES string of the molecule is Nc1nc2cc(Br)cnc2n1CC1CCC(=O)N1. The Morgan fingerprint density at radius 1 is 1.61 bits per heavy atom. The number of nitrogens with zero attached hydrogens (tertiary/aromatic N) is 3. The molecule has 0 aromatic carbocycles. The lowest BCUT2D eigenvalue weighted by Gasteiger charge is -2.12. The maximum Gasteiger partial charge on any atom is 0.220 e. The lowest BCUT2D eigenvalue weighted by atomic mass is 10.2. The molecule has 3 heterocycles. The van der Waals surface area contributed by atoms with Crippen LogP contribution < -0.4 is 11.1 Å². The fourth-order valence-corrected chi connectivity index (χ4v) is 2.54. The Kier molecular flexibility index (Phi) is 2.70. The predicted molar refractivity (Wildman–Crippen MR) is 70.8 cm³/mol. The Balaban J connectivity index is 1.96. The molecule has 1 aliphatic heterocycles. The van der Waals surface area contributed by atoms with Crippen molar-refractivity contribution in [2.24, 2.45) is 0 Å². The van der Waals surface area contributed by atoms with E-state index in [1.54, 1.807) is 6.20 Å². The van der Waals surface area contributed by atoms with E-state index in [2.05, 4.69) is 31.2 Å². The average Bonchev–Trinajstić information content (AvgIpc) is 2.84. The van der Waals surface area contributed by atoms with Gasteiger partial charge in [0.2, 0.25) is 11.9 Å². The van der Waals surface area contributed by atoms with Crippen LogP contribution >= 0.6 is 15.9 Å². The highest BCUT2D eigenvalue weighted by Gasteiger charge is 2.22. The molecule has 6 nitrogen and oxygen atoms in total. The van der Waals surface area contributed by atoms with Gasteiger partial charge in [0.1, 0.15) is 5.52 Å². The van der Waals surface area contributed by atoms with Crippen molar-refractivity contribution in [1.82, 2.24) is 19.9 Å². The number of halogens is 1. The zero-order valence-electron chi connectivity index (χ0n) is 9.56. The van der Waals surface area contributed by atoms with E-state index in [-0.39, 0.29) is 11.9 Å². The Bertz CT molecular complexity index is 623. The summed E-state index contributed by atoms with van der Waals surface area (Å²) in [5.74, 6) is 0.524. The number of hydrogen-bond acceptors (Lipinski definition) is 4. The van der Waals surface area contributed by atoms with Gasteiger partial charge >= 0.3 is 0 Å². The molecular weight excluding hydrogens is 298 g/mol. The van der Waals surface area contributed by atoms with Crippen LogP contribution in [0.15, 0.2) is 16.7 Å². The predicted octanol–water partition coefficient (Wildman–Crippen LogP) is 1.05. The van der Waals surface area contributed by atoms with E-state index in [1.807, 2.05) is 10.6 Å². The smallest absolute Gasteiger partial charge is 0.220 e. The molecule has 0 aliphatic carbocycles. The van der Waals surface area contributed by atoms with Crippen LogP contribution in [0.5, 0.6) is 0 Å². The molecule has 1 atom stereocenters. The number of anilines is 1. The zero-order chi connectivity index (χ0) is 12.7. The molecule has 7 heteroatoms. The first-order valence-corrected chi connectivity index (χ1v) is 6.49. The molecule has 3 rings (SSSR count). The van der Waals surface area contributed by atoms with E-state index < -0.39 is 0 Å². The molecular formula is C11H12BrN5O. The van der Waals surface area contributed by atoms with Gasteiger partial charge in [0.15, 0.2) is 5.65 Å². The van der Waals surface area contributed by atoms with Crippen molar-refractivity contribution in [1.29, 1.82) is 0 Å². The van der Waals surface area contributed by atoms with Gasteiger partial charge in [-0.15, -0.1) is 0 Å². The highest BCUT2D eigenvalue weighted by molar-refractivity contribution is 9.10. The molecule has 0 spiro atoms. The third-order valence-corrected chi connectivity index (χ3v) is 3.50. The number of nitrogens with one attached hydrogen (secondary N) is 1. The van der Waals surface area contributed by atoms with Gasteiger partial charge < -0.3 is 11.1 Å². The first-order chi connectivity index (χ1) is 8.63. The summed E-state index contributed by atoms with van der Waals surface area (Å²) in [5, 5.41) is 2.92. The van der Waals surface area contributed by atoms with E-state index in [1.165, 1.54) is 0 Å². The standard InChI is InChI=1S/C11H12BrN5O/c12-6-3-8-10(14-4-6)17(11(13)16-8)5-7-1-2-9(18)15-7/h3-4,7H,1-2,5H2,(H2,13,16)(H,15,18). The summed E-state index contributed by atoms with van der Waals surface area (Å²) in [7, 11) is 0. The third-order valence-electron chi connectivity index (χ3n) is 3.07. The molecule has 1 fully saturated rings. The molecule has 1 amide bonds. The molecule has 3 N–H and O–H groups in total. The quantitative estimate of drug-likeness (QED) is 0.868. The van der Waals surface area contributed by atoms with Gasteiger partial charge in [-0.1, -0.05) is 0 Å². The summed E-state index contributed by atoms with van der Waals surface area (Å²) in [6, 6.07) is 1.99. The number of pyridine rings is 1. The van der Waals surface area contributed by atoms with Crippen molar-refractivity contribution in [2.75, 3.05) is 5.73 Å². The van der Waals surface area contributed by atoms with E-state index in [0.29, 0.717) is 18.9 Å². The van der Waals surface area contributed by atoms with Crippen molar-refractivity contribution in [2.45, 2.75) is 25.4 Å². The summed E-state index contributed by atoms with van der Waals surface area (Å²) < 4.78 is 2.71. The number of amides is 1. The number of imidazole rings is 1. The van der Waals surface area contributed by atoms with Gasteiger partial charge in [-0.3, -0.25) is 9.36 Å². The van der Waals surface area contributed by atoms with E-state index in [9.17, 15) is 4.79 Å². The number of carbonyl (C=O) groups is 1. The van der Waals surface area contributed by atoms with Gasteiger partial charge in [-0.25, -0.2) is 9.97 Å². The Hall–Kier alpha value is -1.63. The number of rotatable bonds is 2. The fourth-order valence-electron chi connectivity index (χ4n) is 2.22. The van der Waals surface area contributed by atoms with E-state index >= 15 is 0 Å². The molecule has 2 aromatic heterocycles. The van der Waals surface area contributed by atoms with E-state index in [4.69, 9.17) is 5.73 Å². The van der Waals surface area contributed by atoms with Gasteiger partial charge in [0.25, 0.3) is 0 Å². The molecule has 2 aromatic rings. The van der Waals surface area contributed by atoms with Crippen molar-refractivity contribution in [3.63, 3.8) is 0 Å². The molecule has 94 valence electrons. The molecule has 18 heavy (non-hydrogen) atoms. The van der Waals surface area contributed by atoms with Gasteiger partial charge in [0.05, 0.1) is 0 Å². The lowest BCUT2D eigenvalue weighted by Crippen LogP contribution is -2.30. The van der Waals surface area contributed by atoms with Gasteiger partial charge in [0, 0.05) is 29.7 Å². The first-order valence-electron chi connectivity index (χ1n) is 5.70. The van der Waals surface area contributed by atoms with Crippen LogP contribution in [-0.2, 0) is 11.3 Å². The zero-order valence-corrected chi connectivity index (χ0v) is 11.1. The topological polar surface area (TPSA) is 85.8 Å². The highest BCUT2D eigenvalue weighted by atomic mass is 79.9. The molecule has 1 unspecified atom stereocenters. The van der Waals surface area contributed by atoms with Crippen LogP contribution in [0.4, 0.5) is 5.95 Å². The monoisotopic (exact) mass is 309 g/mol.